The van der Waals surface area contributed by atoms with Crippen LogP contribution in [0.25, 0.3) is 11.0 Å². The largest absolute Gasteiger partial charge is 0.176 e. The first kappa shape index (κ1) is 13.7. The summed E-state index contributed by atoms with van der Waals surface area (Å²) in [5, 5.41) is 9.48. The van der Waals surface area contributed by atoms with Gasteiger partial charge in [0, 0.05) is 14.9 Å². The van der Waals surface area contributed by atoms with Crippen molar-refractivity contribution in [2.75, 3.05) is 0 Å². The van der Waals surface area contributed by atoms with E-state index in [1.165, 1.54) is 25.7 Å². The predicted molar refractivity (Wildman–Crippen MR) is 91.1 cm³/mol. The summed E-state index contributed by atoms with van der Waals surface area (Å²) in [4.78, 5) is 1.90. The van der Waals surface area contributed by atoms with Gasteiger partial charge >= 0.3 is 0 Å². The van der Waals surface area contributed by atoms with Gasteiger partial charge in [-0.15, -0.1) is 0 Å². The van der Waals surface area contributed by atoms with E-state index in [4.69, 9.17) is 10.2 Å². The quantitative estimate of drug-likeness (QED) is 0.650. The van der Waals surface area contributed by atoms with Crippen molar-refractivity contribution in [2.45, 2.75) is 31.7 Å². The molecule has 5 heteroatoms. The molecule has 3 nitrogen and oxygen atoms in total. The highest BCUT2D eigenvalue weighted by Crippen LogP contribution is 2.40. The predicted octanol–water partition coefficient (Wildman–Crippen LogP) is 5.18. The maximum atomic E-state index is 4.74. The molecule has 1 aromatic carbocycles. The Morgan fingerprint density at radius 2 is 1.76 bits per heavy atom. The molecule has 1 heterocycles. The molecule has 0 radical (unpaired) electrons. The zero-order chi connectivity index (χ0) is 14.4. The lowest BCUT2D eigenvalue weighted by atomic mass is 9.77. The minimum atomic E-state index is 0.247. The number of nitrogens with zero attached hydrogens (tertiary/aromatic N) is 3. The van der Waals surface area contributed by atoms with Crippen molar-refractivity contribution >= 4 is 42.9 Å². The van der Waals surface area contributed by atoms with Crippen molar-refractivity contribution in [3.63, 3.8) is 0 Å². The standard InChI is InChI=1S/C16H15Br2N3/c17-12-8-9-13(18)16-15(12)19-21(20-16)14-7-3-5-10-4-1-2-6-11(10)14/h3,5,7-9,11,14H,1-2,4,6H2. The monoisotopic (exact) mass is 407 g/mol. The third-order valence-corrected chi connectivity index (χ3v) is 5.74. The van der Waals surface area contributed by atoms with E-state index in [2.05, 4.69) is 50.1 Å². The Labute approximate surface area is 140 Å². The number of halogens is 2. The van der Waals surface area contributed by atoms with Gasteiger partial charge < -0.3 is 0 Å². The Bertz CT molecular complexity index is 721. The molecule has 2 aliphatic rings. The van der Waals surface area contributed by atoms with Crippen LogP contribution in [0.2, 0.25) is 0 Å². The van der Waals surface area contributed by atoms with Crippen LogP contribution in [-0.4, -0.2) is 15.0 Å². The van der Waals surface area contributed by atoms with Crippen LogP contribution in [0, 0.1) is 5.92 Å². The lowest BCUT2D eigenvalue weighted by Gasteiger charge is -2.32. The zero-order valence-electron chi connectivity index (χ0n) is 11.5. The molecule has 1 aromatic heterocycles. The van der Waals surface area contributed by atoms with Gasteiger partial charge in [0.25, 0.3) is 0 Å². The molecule has 2 atom stereocenters. The van der Waals surface area contributed by atoms with E-state index in [0.29, 0.717) is 5.92 Å². The van der Waals surface area contributed by atoms with Gasteiger partial charge in [0.1, 0.15) is 11.0 Å². The average molecular weight is 409 g/mol. The minimum Gasteiger partial charge on any atom is -0.176 e. The molecule has 108 valence electrons. The van der Waals surface area contributed by atoms with Gasteiger partial charge in [0.2, 0.25) is 0 Å². The lowest BCUT2D eigenvalue weighted by molar-refractivity contribution is 0.315. The van der Waals surface area contributed by atoms with Crippen LogP contribution < -0.4 is 0 Å². The van der Waals surface area contributed by atoms with Crippen molar-refractivity contribution in [3.05, 3.63) is 44.9 Å². The summed E-state index contributed by atoms with van der Waals surface area (Å²) in [6.45, 7) is 0. The van der Waals surface area contributed by atoms with E-state index in [1.54, 1.807) is 5.57 Å². The van der Waals surface area contributed by atoms with Crippen LogP contribution in [0.4, 0.5) is 0 Å². The van der Waals surface area contributed by atoms with Crippen LogP contribution in [-0.2, 0) is 0 Å². The second kappa shape index (κ2) is 5.36. The number of aromatic nitrogens is 3. The molecule has 0 amide bonds. The van der Waals surface area contributed by atoms with Crippen LogP contribution in [0.5, 0.6) is 0 Å². The van der Waals surface area contributed by atoms with E-state index in [0.717, 1.165) is 20.0 Å². The Balaban J connectivity index is 1.80. The molecule has 0 bridgehead atoms. The first-order valence-electron chi connectivity index (χ1n) is 7.32. The summed E-state index contributed by atoms with van der Waals surface area (Å²) in [6, 6.07) is 4.26. The summed E-state index contributed by atoms with van der Waals surface area (Å²) in [5.74, 6) is 0.558. The topological polar surface area (TPSA) is 30.7 Å². The van der Waals surface area contributed by atoms with Gasteiger partial charge in [-0.25, -0.2) is 0 Å². The Hall–Kier alpha value is -0.940. The molecular weight excluding hydrogens is 394 g/mol. The summed E-state index contributed by atoms with van der Waals surface area (Å²) in [7, 11) is 0. The fourth-order valence-electron chi connectivity index (χ4n) is 3.41. The molecule has 0 spiro atoms. The SMILES string of the molecule is Brc1ccc(Br)c2nn(C3C=CC=C4CCCCC43)nc12. The summed E-state index contributed by atoms with van der Waals surface area (Å²) >= 11 is 7.14. The third-order valence-electron chi connectivity index (χ3n) is 4.46. The molecule has 0 saturated heterocycles. The molecule has 0 N–H and O–H groups in total. The molecule has 4 rings (SSSR count). The van der Waals surface area contributed by atoms with Crippen molar-refractivity contribution in [2.24, 2.45) is 5.92 Å². The zero-order valence-corrected chi connectivity index (χ0v) is 14.6. The number of allylic oxidation sites excluding steroid dienone is 4. The molecule has 2 aliphatic carbocycles. The fraction of sp³-hybridized carbons (Fsp3) is 0.375. The van der Waals surface area contributed by atoms with E-state index in [1.807, 2.05) is 16.9 Å². The molecule has 21 heavy (non-hydrogen) atoms. The van der Waals surface area contributed by atoms with Gasteiger partial charge in [-0.3, -0.25) is 0 Å². The van der Waals surface area contributed by atoms with E-state index in [9.17, 15) is 0 Å². The molecule has 2 unspecified atom stereocenters. The van der Waals surface area contributed by atoms with Crippen LogP contribution in [0.15, 0.2) is 44.9 Å². The van der Waals surface area contributed by atoms with Crippen LogP contribution in [0.1, 0.15) is 31.7 Å². The molecule has 2 aromatic rings. The third kappa shape index (κ3) is 2.30. The Morgan fingerprint density at radius 3 is 2.48 bits per heavy atom. The molecule has 0 aliphatic heterocycles. The first-order chi connectivity index (χ1) is 10.2. The van der Waals surface area contributed by atoms with E-state index >= 15 is 0 Å². The number of rotatable bonds is 1. The maximum absolute atomic E-state index is 4.74. The molecular formula is C16H15Br2N3. The summed E-state index contributed by atoms with van der Waals surface area (Å²) in [5.41, 5.74) is 3.41. The van der Waals surface area contributed by atoms with Crippen molar-refractivity contribution in [1.82, 2.24) is 15.0 Å². The minimum absolute atomic E-state index is 0.247. The normalized spacial score (nSPS) is 25.0. The smallest absolute Gasteiger partial charge is 0.128 e. The van der Waals surface area contributed by atoms with Crippen molar-refractivity contribution in [3.8, 4) is 0 Å². The number of benzene rings is 1. The number of fused-ring (bicyclic) bond motifs is 2. The maximum Gasteiger partial charge on any atom is 0.128 e. The fourth-order valence-corrected chi connectivity index (χ4v) is 4.21. The van der Waals surface area contributed by atoms with Gasteiger partial charge in [-0.2, -0.15) is 15.0 Å². The van der Waals surface area contributed by atoms with E-state index < -0.39 is 0 Å². The second-order valence-electron chi connectivity index (χ2n) is 5.72. The van der Waals surface area contributed by atoms with Crippen LogP contribution in [0.3, 0.4) is 0 Å². The van der Waals surface area contributed by atoms with Gasteiger partial charge in [-0.1, -0.05) is 30.2 Å². The Kier molecular flexibility index (Phi) is 3.50. The van der Waals surface area contributed by atoms with Crippen LogP contribution >= 0.6 is 31.9 Å². The average Bonchev–Trinajstić information content (AvgIpc) is 2.97. The highest BCUT2D eigenvalue weighted by atomic mass is 79.9. The summed E-state index contributed by atoms with van der Waals surface area (Å²) < 4.78 is 1.98. The van der Waals surface area contributed by atoms with Gasteiger partial charge in [0.05, 0.1) is 6.04 Å². The molecule has 1 saturated carbocycles. The Morgan fingerprint density at radius 1 is 1.05 bits per heavy atom. The van der Waals surface area contributed by atoms with Crippen molar-refractivity contribution < 1.29 is 0 Å². The highest BCUT2D eigenvalue weighted by molar-refractivity contribution is 9.11. The van der Waals surface area contributed by atoms with Gasteiger partial charge in [-0.05, 0) is 63.3 Å². The number of hydrogen-bond acceptors (Lipinski definition) is 2. The number of hydrogen-bond donors (Lipinski definition) is 0. The van der Waals surface area contributed by atoms with Crippen molar-refractivity contribution in [1.29, 1.82) is 0 Å². The van der Waals surface area contributed by atoms with E-state index in [-0.39, 0.29) is 6.04 Å². The molecule has 1 fully saturated rings. The lowest BCUT2D eigenvalue weighted by Crippen LogP contribution is -2.25. The summed E-state index contributed by atoms with van der Waals surface area (Å²) in [6.07, 6.45) is 11.8. The first-order valence-corrected chi connectivity index (χ1v) is 8.90. The highest BCUT2D eigenvalue weighted by Gasteiger charge is 2.30. The second-order valence-corrected chi connectivity index (χ2v) is 7.42. The van der Waals surface area contributed by atoms with Gasteiger partial charge in [0.15, 0.2) is 0 Å².